The Morgan fingerprint density at radius 1 is 1.09 bits per heavy atom. The first kappa shape index (κ1) is 15.4. The summed E-state index contributed by atoms with van der Waals surface area (Å²) in [6.45, 7) is 4.34. The van der Waals surface area contributed by atoms with Crippen molar-refractivity contribution in [3.8, 4) is 21.8 Å². The highest BCUT2D eigenvalue weighted by molar-refractivity contribution is 7.13. The van der Waals surface area contributed by atoms with Crippen LogP contribution in [0.1, 0.15) is 35.7 Å². The van der Waals surface area contributed by atoms with Crippen molar-refractivity contribution in [3.05, 3.63) is 65.0 Å². The summed E-state index contributed by atoms with van der Waals surface area (Å²) in [6.07, 6.45) is 0. The van der Waals surface area contributed by atoms with Gasteiger partial charge in [0.15, 0.2) is 0 Å². The summed E-state index contributed by atoms with van der Waals surface area (Å²) in [5.41, 5.74) is 4.41. The molecule has 4 heteroatoms. The highest BCUT2D eigenvalue weighted by Gasteiger charge is 2.10. The Balaban J connectivity index is 1.91. The molecule has 0 aliphatic rings. The summed E-state index contributed by atoms with van der Waals surface area (Å²) in [5, 5.41) is 11.9. The summed E-state index contributed by atoms with van der Waals surface area (Å²) in [4.78, 5) is 15.7. The van der Waals surface area contributed by atoms with Gasteiger partial charge < -0.3 is 5.11 Å². The minimum atomic E-state index is -0.923. The van der Waals surface area contributed by atoms with Crippen LogP contribution >= 0.6 is 11.3 Å². The molecule has 1 N–H and O–H groups in total. The highest BCUT2D eigenvalue weighted by Crippen LogP contribution is 2.30. The second kappa shape index (κ2) is 6.34. The van der Waals surface area contributed by atoms with Crippen LogP contribution < -0.4 is 0 Å². The third-order valence-electron chi connectivity index (χ3n) is 3.73. The number of thiazole rings is 1. The van der Waals surface area contributed by atoms with Crippen LogP contribution in [-0.2, 0) is 0 Å². The van der Waals surface area contributed by atoms with Gasteiger partial charge in [-0.15, -0.1) is 11.3 Å². The molecule has 0 saturated heterocycles. The molecule has 0 amide bonds. The van der Waals surface area contributed by atoms with E-state index in [4.69, 9.17) is 5.11 Å². The molecular weight excluding hydrogens is 306 g/mol. The molecular formula is C19H17NO2S. The van der Waals surface area contributed by atoms with E-state index in [0.717, 1.165) is 21.8 Å². The Kier molecular flexibility index (Phi) is 4.26. The monoisotopic (exact) mass is 323 g/mol. The lowest BCUT2D eigenvalue weighted by Gasteiger charge is -2.05. The predicted molar refractivity (Wildman–Crippen MR) is 94.0 cm³/mol. The van der Waals surface area contributed by atoms with Gasteiger partial charge in [-0.2, -0.15) is 0 Å². The Bertz CT molecular complexity index is 835. The number of carboxylic acid groups (broad SMARTS) is 1. The van der Waals surface area contributed by atoms with Gasteiger partial charge in [-0.3, -0.25) is 0 Å². The minimum absolute atomic E-state index is 0.278. The largest absolute Gasteiger partial charge is 0.478 e. The van der Waals surface area contributed by atoms with E-state index in [1.54, 1.807) is 18.2 Å². The number of aromatic carboxylic acids is 1. The van der Waals surface area contributed by atoms with Crippen molar-refractivity contribution in [1.82, 2.24) is 4.98 Å². The lowest BCUT2D eigenvalue weighted by atomic mass is 10.0. The average Bonchev–Trinajstić information content (AvgIpc) is 3.05. The van der Waals surface area contributed by atoms with E-state index in [9.17, 15) is 4.79 Å². The molecule has 0 fully saturated rings. The first-order valence-electron chi connectivity index (χ1n) is 7.44. The smallest absolute Gasteiger partial charge is 0.335 e. The van der Waals surface area contributed by atoms with Crippen molar-refractivity contribution < 1.29 is 9.90 Å². The van der Waals surface area contributed by atoms with Crippen LogP contribution in [0.25, 0.3) is 21.8 Å². The number of rotatable bonds is 4. The SMILES string of the molecule is CC(C)c1ccc(-c2csc(-c3cccc(C(=O)O)c3)n2)cc1. The fourth-order valence-electron chi connectivity index (χ4n) is 2.36. The predicted octanol–water partition coefficient (Wildman–Crippen LogP) is 5.30. The van der Waals surface area contributed by atoms with Crippen molar-refractivity contribution in [2.75, 3.05) is 0 Å². The van der Waals surface area contributed by atoms with E-state index in [1.165, 1.54) is 16.9 Å². The van der Waals surface area contributed by atoms with Crippen LogP contribution in [0.4, 0.5) is 0 Å². The van der Waals surface area contributed by atoms with Gasteiger partial charge in [0.05, 0.1) is 11.3 Å². The first-order valence-corrected chi connectivity index (χ1v) is 8.32. The van der Waals surface area contributed by atoms with Gasteiger partial charge in [0.2, 0.25) is 0 Å². The van der Waals surface area contributed by atoms with Crippen LogP contribution in [-0.4, -0.2) is 16.1 Å². The zero-order valence-corrected chi connectivity index (χ0v) is 13.8. The van der Waals surface area contributed by atoms with Gasteiger partial charge in [0.25, 0.3) is 0 Å². The Hall–Kier alpha value is -2.46. The van der Waals surface area contributed by atoms with Gasteiger partial charge in [-0.25, -0.2) is 9.78 Å². The second-order valence-electron chi connectivity index (χ2n) is 5.70. The standard InChI is InChI=1S/C19H17NO2S/c1-12(2)13-6-8-14(9-7-13)17-11-23-18(20-17)15-4-3-5-16(10-15)19(21)22/h3-12H,1-2H3,(H,21,22). The first-order chi connectivity index (χ1) is 11.0. The van der Waals surface area contributed by atoms with Gasteiger partial charge in [-0.05, 0) is 23.6 Å². The molecule has 3 rings (SSSR count). The lowest BCUT2D eigenvalue weighted by molar-refractivity contribution is 0.0697. The number of benzene rings is 2. The molecule has 0 atom stereocenters. The third-order valence-corrected chi connectivity index (χ3v) is 4.63. The molecule has 0 saturated carbocycles. The summed E-state index contributed by atoms with van der Waals surface area (Å²) in [7, 11) is 0. The number of carbonyl (C=O) groups is 1. The zero-order chi connectivity index (χ0) is 16.4. The van der Waals surface area contributed by atoms with E-state index in [0.29, 0.717) is 5.92 Å². The molecule has 0 aliphatic carbocycles. The van der Waals surface area contributed by atoms with Crippen LogP contribution in [0, 0.1) is 0 Å². The molecule has 0 bridgehead atoms. The quantitative estimate of drug-likeness (QED) is 0.709. The van der Waals surface area contributed by atoms with E-state index < -0.39 is 5.97 Å². The normalized spacial score (nSPS) is 10.9. The van der Waals surface area contributed by atoms with Crippen LogP contribution in [0.15, 0.2) is 53.9 Å². The van der Waals surface area contributed by atoms with E-state index in [-0.39, 0.29) is 5.56 Å². The number of hydrogen-bond donors (Lipinski definition) is 1. The second-order valence-corrected chi connectivity index (χ2v) is 6.56. The van der Waals surface area contributed by atoms with Gasteiger partial charge in [-0.1, -0.05) is 50.2 Å². The molecule has 0 spiro atoms. The fraction of sp³-hybridized carbons (Fsp3) is 0.158. The van der Waals surface area contributed by atoms with Crippen molar-refractivity contribution in [1.29, 1.82) is 0 Å². The van der Waals surface area contributed by atoms with E-state index in [2.05, 4.69) is 43.1 Å². The number of carboxylic acids is 1. The molecule has 1 aromatic heterocycles. The fourth-order valence-corrected chi connectivity index (χ4v) is 3.19. The number of aromatic nitrogens is 1. The van der Waals surface area contributed by atoms with E-state index >= 15 is 0 Å². The molecule has 0 unspecified atom stereocenters. The van der Waals surface area contributed by atoms with Crippen molar-refractivity contribution in [3.63, 3.8) is 0 Å². The average molecular weight is 323 g/mol. The van der Waals surface area contributed by atoms with Crippen LogP contribution in [0.3, 0.4) is 0 Å². The summed E-state index contributed by atoms with van der Waals surface area (Å²) < 4.78 is 0. The maximum atomic E-state index is 11.1. The highest BCUT2D eigenvalue weighted by atomic mass is 32.1. The maximum Gasteiger partial charge on any atom is 0.335 e. The number of nitrogens with zero attached hydrogens (tertiary/aromatic N) is 1. The van der Waals surface area contributed by atoms with E-state index in [1.807, 2.05) is 11.4 Å². The molecule has 23 heavy (non-hydrogen) atoms. The molecule has 116 valence electrons. The Morgan fingerprint density at radius 2 is 1.83 bits per heavy atom. The molecule has 3 aromatic rings. The van der Waals surface area contributed by atoms with Crippen molar-refractivity contribution in [2.24, 2.45) is 0 Å². The van der Waals surface area contributed by atoms with Gasteiger partial charge >= 0.3 is 5.97 Å². The molecule has 2 aromatic carbocycles. The lowest BCUT2D eigenvalue weighted by Crippen LogP contribution is -1.95. The van der Waals surface area contributed by atoms with Crippen LogP contribution in [0.2, 0.25) is 0 Å². The summed E-state index contributed by atoms with van der Waals surface area (Å²) in [6, 6.07) is 15.3. The molecule has 1 heterocycles. The van der Waals surface area contributed by atoms with Crippen molar-refractivity contribution >= 4 is 17.3 Å². The third kappa shape index (κ3) is 3.32. The number of hydrogen-bond acceptors (Lipinski definition) is 3. The maximum absolute atomic E-state index is 11.1. The van der Waals surface area contributed by atoms with Gasteiger partial charge in [0, 0.05) is 16.5 Å². The molecule has 0 radical (unpaired) electrons. The van der Waals surface area contributed by atoms with Crippen molar-refractivity contribution in [2.45, 2.75) is 19.8 Å². The Labute approximate surface area is 139 Å². The molecule has 3 nitrogen and oxygen atoms in total. The topological polar surface area (TPSA) is 50.2 Å². The van der Waals surface area contributed by atoms with Crippen LogP contribution in [0.5, 0.6) is 0 Å². The summed E-state index contributed by atoms with van der Waals surface area (Å²) in [5.74, 6) is -0.415. The minimum Gasteiger partial charge on any atom is -0.478 e. The zero-order valence-electron chi connectivity index (χ0n) is 13.0. The van der Waals surface area contributed by atoms with Gasteiger partial charge in [0.1, 0.15) is 5.01 Å². The summed E-state index contributed by atoms with van der Waals surface area (Å²) >= 11 is 1.52. The Morgan fingerprint density at radius 3 is 2.48 bits per heavy atom. The molecule has 0 aliphatic heterocycles.